The molecule has 7 heteroatoms. The zero-order valence-corrected chi connectivity index (χ0v) is 24.3. The van der Waals surface area contributed by atoms with Gasteiger partial charge in [-0.1, -0.05) is 13.8 Å². The van der Waals surface area contributed by atoms with Crippen molar-refractivity contribution in [1.29, 1.82) is 0 Å². The first-order valence-corrected chi connectivity index (χ1v) is 15.4. The standard InChI is InChI=1S/C32H48O7/c1-19-26(7-5-6-16-37-20(2)33)39-27-18-25-23-9-8-21-17-22(38-29(36)11-10-28(34)35)12-14-31(21,3)24(23)13-15-32(25,4)30(19)27/h21-25,27,30H,5-18H2,1-4H3,(H,34,35)/t21-,22-,23-,24+,25-,27-,30+,31-,32-/m0/s1. The Balaban J connectivity index is 1.20. The number of rotatable bonds is 9. The van der Waals surface area contributed by atoms with E-state index < -0.39 is 5.97 Å². The van der Waals surface area contributed by atoms with Gasteiger partial charge in [0.25, 0.3) is 0 Å². The Hall–Kier alpha value is -2.05. The van der Waals surface area contributed by atoms with Gasteiger partial charge in [0.05, 0.1) is 25.2 Å². The summed E-state index contributed by atoms with van der Waals surface area (Å²) in [5, 5.41) is 8.87. The Kier molecular flexibility index (Phi) is 8.09. The van der Waals surface area contributed by atoms with E-state index >= 15 is 0 Å². The van der Waals surface area contributed by atoms with Crippen LogP contribution in [0.15, 0.2) is 11.3 Å². The minimum Gasteiger partial charge on any atom is -0.494 e. The fourth-order valence-corrected chi connectivity index (χ4v) is 9.97. The van der Waals surface area contributed by atoms with E-state index in [9.17, 15) is 14.4 Å². The van der Waals surface area contributed by atoms with Crippen molar-refractivity contribution in [2.24, 2.45) is 40.4 Å². The molecule has 7 nitrogen and oxygen atoms in total. The molecule has 0 spiro atoms. The lowest BCUT2D eigenvalue weighted by atomic mass is 9.44. The van der Waals surface area contributed by atoms with Gasteiger partial charge in [-0.3, -0.25) is 14.4 Å². The molecule has 0 saturated heterocycles. The second-order valence-electron chi connectivity index (χ2n) is 13.8. The van der Waals surface area contributed by atoms with Crippen LogP contribution in [-0.4, -0.2) is 41.8 Å². The topological polar surface area (TPSA) is 99.1 Å². The molecule has 0 unspecified atom stereocenters. The number of carbonyl (C=O) groups excluding carboxylic acids is 2. The molecular weight excluding hydrogens is 496 g/mol. The van der Waals surface area contributed by atoms with Crippen LogP contribution in [0.25, 0.3) is 0 Å². The van der Waals surface area contributed by atoms with E-state index in [1.165, 1.54) is 50.4 Å². The van der Waals surface area contributed by atoms with Crippen molar-refractivity contribution in [1.82, 2.24) is 0 Å². The van der Waals surface area contributed by atoms with Gasteiger partial charge in [-0.2, -0.15) is 0 Å². The molecule has 5 aliphatic rings. The Morgan fingerprint density at radius 2 is 1.74 bits per heavy atom. The molecule has 0 bridgehead atoms. The van der Waals surface area contributed by atoms with Crippen LogP contribution in [0.2, 0.25) is 0 Å². The molecular formula is C32H48O7. The van der Waals surface area contributed by atoms with Crippen LogP contribution in [0.3, 0.4) is 0 Å². The van der Waals surface area contributed by atoms with Crippen molar-refractivity contribution in [2.75, 3.05) is 6.61 Å². The Labute approximate surface area is 233 Å². The summed E-state index contributed by atoms with van der Waals surface area (Å²) in [6, 6.07) is 0. The van der Waals surface area contributed by atoms with Crippen molar-refractivity contribution in [3.8, 4) is 0 Å². The molecule has 0 aromatic heterocycles. The number of ether oxygens (including phenoxy) is 3. The summed E-state index contributed by atoms with van der Waals surface area (Å²) in [7, 11) is 0. The highest BCUT2D eigenvalue weighted by molar-refractivity contribution is 5.76. The summed E-state index contributed by atoms with van der Waals surface area (Å²) >= 11 is 0. The van der Waals surface area contributed by atoms with Gasteiger partial charge in [0.1, 0.15) is 12.2 Å². The van der Waals surface area contributed by atoms with Crippen molar-refractivity contribution >= 4 is 17.9 Å². The number of aliphatic carboxylic acids is 1. The first kappa shape index (κ1) is 28.5. The molecule has 1 aliphatic heterocycles. The summed E-state index contributed by atoms with van der Waals surface area (Å²) in [4.78, 5) is 34.0. The molecule has 4 saturated carbocycles. The van der Waals surface area contributed by atoms with Gasteiger partial charge in [0.15, 0.2) is 0 Å². The second-order valence-corrected chi connectivity index (χ2v) is 13.8. The largest absolute Gasteiger partial charge is 0.494 e. The molecule has 39 heavy (non-hydrogen) atoms. The molecule has 0 aromatic carbocycles. The molecule has 0 amide bonds. The third-order valence-electron chi connectivity index (χ3n) is 11.8. The van der Waals surface area contributed by atoms with Crippen LogP contribution in [0.4, 0.5) is 0 Å². The van der Waals surface area contributed by atoms with E-state index in [0.717, 1.165) is 50.4 Å². The molecule has 0 aromatic rings. The number of allylic oxidation sites excluding steroid dienone is 1. The monoisotopic (exact) mass is 544 g/mol. The number of fused-ring (bicyclic) bond motifs is 7. The quantitative estimate of drug-likeness (QED) is 0.263. The minimum absolute atomic E-state index is 0.0347. The van der Waals surface area contributed by atoms with Gasteiger partial charge in [-0.15, -0.1) is 0 Å². The van der Waals surface area contributed by atoms with Crippen molar-refractivity contribution in [3.05, 3.63) is 11.3 Å². The van der Waals surface area contributed by atoms with Crippen LogP contribution in [0.1, 0.15) is 111 Å². The second kappa shape index (κ2) is 11.1. The molecule has 4 aliphatic carbocycles. The number of hydrogen-bond donors (Lipinski definition) is 1. The zero-order chi connectivity index (χ0) is 27.9. The van der Waals surface area contributed by atoms with E-state index in [4.69, 9.17) is 19.3 Å². The maximum Gasteiger partial charge on any atom is 0.306 e. The Morgan fingerprint density at radius 1 is 0.974 bits per heavy atom. The number of carboxylic acids is 1. The first-order valence-electron chi connectivity index (χ1n) is 15.4. The van der Waals surface area contributed by atoms with Crippen molar-refractivity contribution < 1.29 is 33.7 Å². The Morgan fingerprint density at radius 3 is 2.49 bits per heavy atom. The number of unbranched alkanes of at least 4 members (excludes halogenated alkanes) is 1. The normalized spacial score (nSPS) is 40.6. The van der Waals surface area contributed by atoms with Crippen LogP contribution in [0, 0.1) is 40.4 Å². The molecule has 9 atom stereocenters. The van der Waals surface area contributed by atoms with Crippen LogP contribution in [-0.2, 0) is 28.6 Å². The van der Waals surface area contributed by atoms with E-state index in [1.807, 2.05) is 0 Å². The predicted octanol–water partition coefficient (Wildman–Crippen LogP) is 6.44. The number of hydrogen-bond acceptors (Lipinski definition) is 6. The minimum atomic E-state index is -0.953. The highest BCUT2D eigenvalue weighted by atomic mass is 16.5. The van der Waals surface area contributed by atoms with Crippen LogP contribution < -0.4 is 0 Å². The highest BCUT2D eigenvalue weighted by Gasteiger charge is 2.64. The maximum atomic E-state index is 12.2. The summed E-state index contributed by atoms with van der Waals surface area (Å²) in [5.74, 6) is 2.94. The summed E-state index contributed by atoms with van der Waals surface area (Å²) in [6.07, 6.45) is 12.0. The molecule has 1 heterocycles. The zero-order valence-electron chi connectivity index (χ0n) is 24.3. The number of carboxylic acid groups (broad SMARTS) is 1. The highest BCUT2D eigenvalue weighted by Crippen LogP contribution is 2.69. The van der Waals surface area contributed by atoms with E-state index in [1.54, 1.807) is 0 Å². The van der Waals surface area contributed by atoms with Gasteiger partial charge >= 0.3 is 17.9 Å². The molecule has 5 rings (SSSR count). The average molecular weight is 545 g/mol. The maximum absolute atomic E-state index is 12.2. The van der Waals surface area contributed by atoms with Gasteiger partial charge in [0, 0.05) is 19.3 Å². The van der Waals surface area contributed by atoms with Gasteiger partial charge in [0.2, 0.25) is 0 Å². The van der Waals surface area contributed by atoms with Crippen molar-refractivity contribution in [3.63, 3.8) is 0 Å². The lowest BCUT2D eigenvalue weighted by molar-refractivity contribution is -0.163. The number of esters is 2. The first-order chi connectivity index (χ1) is 18.5. The van der Waals surface area contributed by atoms with Crippen molar-refractivity contribution in [2.45, 2.75) is 123 Å². The fraction of sp³-hybridized carbons (Fsp3) is 0.844. The predicted molar refractivity (Wildman–Crippen MR) is 145 cm³/mol. The number of carbonyl (C=O) groups is 3. The lowest BCUT2D eigenvalue weighted by Gasteiger charge is -2.61. The summed E-state index contributed by atoms with van der Waals surface area (Å²) in [6.45, 7) is 9.33. The van der Waals surface area contributed by atoms with Gasteiger partial charge in [-0.05, 0) is 111 Å². The molecule has 218 valence electrons. The summed E-state index contributed by atoms with van der Waals surface area (Å²) in [5.41, 5.74) is 2.07. The van der Waals surface area contributed by atoms with Crippen LogP contribution in [0.5, 0.6) is 0 Å². The molecule has 4 fully saturated rings. The molecule has 1 N–H and O–H groups in total. The lowest BCUT2D eigenvalue weighted by Crippen LogP contribution is -2.54. The van der Waals surface area contributed by atoms with E-state index in [2.05, 4.69) is 20.8 Å². The van der Waals surface area contributed by atoms with Crippen LogP contribution >= 0.6 is 0 Å². The SMILES string of the molecule is CC(=O)OCCCCC1=C(C)[C@@H]2[C@H](C[C@H]3[C@H]4CC[C@H]5C[C@@H](OC(=O)CCC(=O)O)CC[C@]5(C)[C@@H]4CC[C@]23C)O1. The van der Waals surface area contributed by atoms with E-state index in [0.29, 0.717) is 41.3 Å². The average Bonchev–Trinajstić information content (AvgIpc) is 3.35. The summed E-state index contributed by atoms with van der Waals surface area (Å²) < 4.78 is 17.5. The van der Waals surface area contributed by atoms with Gasteiger partial charge in [-0.25, -0.2) is 0 Å². The van der Waals surface area contributed by atoms with Gasteiger partial charge < -0.3 is 19.3 Å². The third-order valence-corrected chi connectivity index (χ3v) is 11.8. The smallest absolute Gasteiger partial charge is 0.306 e. The Bertz CT molecular complexity index is 1000. The fourth-order valence-electron chi connectivity index (χ4n) is 9.97. The van der Waals surface area contributed by atoms with E-state index in [-0.39, 0.29) is 30.9 Å². The third kappa shape index (κ3) is 5.36. The molecule has 0 radical (unpaired) electrons.